The number of allylic oxidation sites excluding steroid dienone is 7. The molecule has 0 aliphatic carbocycles. The lowest BCUT2D eigenvalue weighted by atomic mass is 9.91. The van der Waals surface area contributed by atoms with Gasteiger partial charge in [-0.15, -0.1) is 0 Å². The van der Waals surface area contributed by atoms with E-state index >= 15 is 0 Å². The molecule has 0 saturated heterocycles. The highest BCUT2D eigenvalue weighted by molar-refractivity contribution is 5.60. The molecular formula is C24H29F2N. The Balaban J connectivity index is 3.03. The predicted octanol–water partition coefficient (Wildman–Crippen LogP) is 6.93. The molecule has 3 heteroatoms. The van der Waals surface area contributed by atoms with E-state index in [-0.39, 0.29) is 6.54 Å². The van der Waals surface area contributed by atoms with Gasteiger partial charge in [0.2, 0.25) is 0 Å². The van der Waals surface area contributed by atoms with Crippen molar-refractivity contribution >= 4 is 0 Å². The van der Waals surface area contributed by atoms with Crippen LogP contribution in [0.1, 0.15) is 39.7 Å². The third-order valence-electron chi connectivity index (χ3n) is 4.48. The summed E-state index contributed by atoms with van der Waals surface area (Å²) in [5, 5.41) is 3.11. The molecule has 0 saturated carbocycles. The second-order valence-electron chi connectivity index (χ2n) is 6.29. The van der Waals surface area contributed by atoms with Crippen molar-refractivity contribution in [3.63, 3.8) is 0 Å². The summed E-state index contributed by atoms with van der Waals surface area (Å²) in [5.41, 5.74) is 5.85. The summed E-state index contributed by atoms with van der Waals surface area (Å²) in [6.07, 6.45) is 6.81. The summed E-state index contributed by atoms with van der Waals surface area (Å²) in [6.45, 7) is 20.5. The summed E-state index contributed by atoms with van der Waals surface area (Å²) < 4.78 is 26.9. The Morgan fingerprint density at radius 2 is 1.85 bits per heavy atom. The van der Waals surface area contributed by atoms with Crippen molar-refractivity contribution in [2.75, 3.05) is 0 Å². The molecule has 0 unspecified atom stereocenters. The highest BCUT2D eigenvalue weighted by atomic mass is 19.1. The van der Waals surface area contributed by atoms with Gasteiger partial charge in [-0.1, -0.05) is 56.5 Å². The van der Waals surface area contributed by atoms with Gasteiger partial charge in [-0.2, -0.15) is 0 Å². The second-order valence-corrected chi connectivity index (χ2v) is 6.29. The van der Waals surface area contributed by atoms with Crippen LogP contribution in [0.3, 0.4) is 0 Å². The quantitative estimate of drug-likeness (QED) is 0.465. The summed E-state index contributed by atoms with van der Waals surface area (Å²) in [7, 11) is 0. The summed E-state index contributed by atoms with van der Waals surface area (Å²) in [5.74, 6) is -1.18. The number of halogens is 2. The molecule has 1 nitrogen and oxygen atoms in total. The standard InChI is InChI=1S/C24H29F2N/c1-8-11-16(4)17(5)22(9-2)18(6)23(10-3)19(7)27-15-20-12-13-21(25)14-24(20)26/h9-14,27H,2,6-8,15H2,1,3-5H3/b16-11-,22-17+,23-10+. The van der Waals surface area contributed by atoms with Gasteiger partial charge in [0.15, 0.2) is 0 Å². The molecule has 0 amide bonds. The Morgan fingerprint density at radius 1 is 1.19 bits per heavy atom. The summed E-state index contributed by atoms with van der Waals surface area (Å²) in [4.78, 5) is 0. The Bertz CT molecular complexity index is 823. The molecule has 1 aromatic rings. The molecule has 0 bridgehead atoms. The fourth-order valence-electron chi connectivity index (χ4n) is 2.81. The maximum absolute atomic E-state index is 13.8. The summed E-state index contributed by atoms with van der Waals surface area (Å²) >= 11 is 0. The van der Waals surface area contributed by atoms with Crippen LogP contribution in [-0.2, 0) is 6.54 Å². The second kappa shape index (κ2) is 10.5. The molecule has 0 radical (unpaired) electrons. The van der Waals surface area contributed by atoms with Gasteiger partial charge in [0.05, 0.1) is 0 Å². The van der Waals surface area contributed by atoms with Crippen LogP contribution in [0.5, 0.6) is 0 Å². The highest BCUT2D eigenvalue weighted by Gasteiger charge is 2.13. The zero-order valence-corrected chi connectivity index (χ0v) is 16.8. The third kappa shape index (κ3) is 5.92. The fraction of sp³-hybridized carbons (Fsp3) is 0.250. The van der Waals surface area contributed by atoms with Gasteiger partial charge in [-0.3, -0.25) is 0 Å². The smallest absolute Gasteiger partial charge is 0.131 e. The van der Waals surface area contributed by atoms with Gasteiger partial charge in [-0.05, 0) is 55.6 Å². The van der Waals surface area contributed by atoms with Crippen molar-refractivity contribution in [1.82, 2.24) is 5.32 Å². The number of rotatable bonds is 9. The minimum atomic E-state index is -0.593. The first kappa shape index (κ1) is 22.4. The Hall–Kier alpha value is -2.68. The normalized spacial score (nSPS) is 13.1. The Morgan fingerprint density at radius 3 is 2.37 bits per heavy atom. The van der Waals surface area contributed by atoms with Gasteiger partial charge in [0, 0.05) is 23.9 Å². The van der Waals surface area contributed by atoms with Crippen LogP contribution in [0.15, 0.2) is 89.7 Å². The molecule has 27 heavy (non-hydrogen) atoms. The molecule has 1 N–H and O–H groups in total. The van der Waals surface area contributed by atoms with Crippen molar-refractivity contribution < 1.29 is 8.78 Å². The van der Waals surface area contributed by atoms with E-state index < -0.39 is 11.6 Å². The van der Waals surface area contributed by atoms with Gasteiger partial charge >= 0.3 is 0 Å². The lowest BCUT2D eigenvalue weighted by Crippen LogP contribution is -2.16. The van der Waals surface area contributed by atoms with Crippen molar-refractivity contribution in [1.29, 1.82) is 0 Å². The van der Waals surface area contributed by atoms with E-state index in [4.69, 9.17) is 0 Å². The van der Waals surface area contributed by atoms with Gasteiger partial charge in [0.1, 0.15) is 11.6 Å². The first-order chi connectivity index (χ1) is 12.8. The molecule has 0 aromatic heterocycles. The third-order valence-corrected chi connectivity index (χ3v) is 4.48. The summed E-state index contributed by atoms with van der Waals surface area (Å²) in [6, 6.07) is 3.54. The largest absolute Gasteiger partial charge is 0.381 e. The van der Waals surface area contributed by atoms with Crippen molar-refractivity contribution in [2.24, 2.45) is 0 Å². The monoisotopic (exact) mass is 369 g/mol. The average Bonchev–Trinajstić information content (AvgIpc) is 2.62. The number of benzene rings is 1. The molecule has 0 aliphatic rings. The number of hydrogen-bond acceptors (Lipinski definition) is 1. The molecule has 0 spiro atoms. The van der Waals surface area contributed by atoms with E-state index in [2.05, 4.69) is 45.0 Å². The molecule has 0 fully saturated rings. The molecule has 0 heterocycles. The van der Waals surface area contributed by atoms with Crippen LogP contribution in [0.2, 0.25) is 0 Å². The lowest BCUT2D eigenvalue weighted by Gasteiger charge is -2.19. The van der Waals surface area contributed by atoms with Crippen molar-refractivity contribution in [2.45, 2.75) is 40.7 Å². The van der Waals surface area contributed by atoms with Crippen LogP contribution < -0.4 is 5.32 Å². The first-order valence-electron chi connectivity index (χ1n) is 9.00. The Labute approximate surface area is 162 Å². The zero-order valence-electron chi connectivity index (χ0n) is 16.8. The molecule has 1 rings (SSSR count). The van der Waals surface area contributed by atoms with Gasteiger partial charge < -0.3 is 5.32 Å². The van der Waals surface area contributed by atoms with Crippen LogP contribution in [0, 0.1) is 11.6 Å². The minimum absolute atomic E-state index is 0.205. The zero-order chi connectivity index (χ0) is 20.6. The predicted molar refractivity (Wildman–Crippen MR) is 112 cm³/mol. The van der Waals surface area contributed by atoms with Crippen LogP contribution in [-0.4, -0.2) is 0 Å². The lowest BCUT2D eigenvalue weighted by molar-refractivity contribution is 0.567. The number of hydrogen-bond donors (Lipinski definition) is 1. The SMILES string of the molecule is C=C/C(C(=C)/C(=C\C)C(=C)NCc1ccc(F)cc1F)=C(C)\C(C)=C/CC. The molecule has 1 aromatic carbocycles. The Kier molecular flexibility index (Phi) is 8.67. The van der Waals surface area contributed by atoms with Gasteiger partial charge in [0.25, 0.3) is 0 Å². The van der Waals surface area contributed by atoms with E-state index in [1.54, 1.807) is 6.08 Å². The van der Waals surface area contributed by atoms with Crippen LogP contribution in [0.4, 0.5) is 8.78 Å². The van der Waals surface area contributed by atoms with Crippen molar-refractivity contribution in [3.05, 3.63) is 107 Å². The highest BCUT2D eigenvalue weighted by Crippen LogP contribution is 2.28. The van der Waals surface area contributed by atoms with E-state index in [9.17, 15) is 8.78 Å². The maximum Gasteiger partial charge on any atom is 0.131 e. The molecule has 144 valence electrons. The van der Waals surface area contributed by atoms with Crippen molar-refractivity contribution in [3.8, 4) is 0 Å². The van der Waals surface area contributed by atoms with Crippen LogP contribution in [0.25, 0.3) is 0 Å². The topological polar surface area (TPSA) is 12.0 Å². The molecule has 0 atom stereocenters. The molecular weight excluding hydrogens is 340 g/mol. The van der Waals surface area contributed by atoms with E-state index in [0.717, 1.165) is 34.8 Å². The minimum Gasteiger partial charge on any atom is -0.381 e. The molecule has 0 aliphatic heterocycles. The van der Waals surface area contributed by atoms with E-state index in [0.29, 0.717) is 11.3 Å². The van der Waals surface area contributed by atoms with E-state index in [1.165, 1.54) is 17.7 Å². The first-order valence-corrected chi connectivity index (χ1v) is 9.00. The maximum atomic E-state index is 13.8. The average molecular weight is 369 g/mol. The van der Waals surface area contributed by atoms with E-state index in [1.807, 2.05) is 19.9 Å². The van der Waals surface area contributed by atoms with Gasteiger partial charge in [-0.25, -0.2) is 8.78 Å². The fourth-order valence-corrected chi connectivity index (χ4v) is 2.81. The van der Waals surface area contributed by atoms with Crippen LogP contribution >= 0.6 is 0 Å². The number of nitrogens with one attached hydrogen (secondary N) is 1.